The molecule has 0 aliphatic rings. The summed E-state index contributed by atoms with van der Waals surface area (Å²) in [5, 5.41) is 4.43. The van der Waals surface area contributed by atoms with Crippen molar-refractivity contribution in [2.75, 3.05) is 13.2 Å². The van der Waals surface area contributed by atoms with Crippen LogP contribution < -0.4 is 10.1 Å². The second kappa shape index (κ2) is 7.41. The first kappa shape index (κ1) is 15.0. The van der Waals surface area contributed by atoms with Gasteiger partial charge in [-0.15, -0.1) is 11.3 Å². The van der Waals surface area contributed by atoms with Gasteiger partial charge in [0, 0.05) is 17.0 Å². The van der Waals surface area contributed by atoms with Gasteiger partial charge in [0.05, 0.1) is 12.3 Å². The van der Waals surface area contributed by atoms with Crippen LogP contribution in [0.2, 0.25) is 0 Å². The monoisotopic (exact) mass is 290 g/mol. The Hall–Kier alpha value is -1.39. The van der Waals surface area contributed by atoms with E-state index in [4.69, 9.17) is 4.74 Å². The van der Waals surface area contributed by atoms with Crippen molar-refractivity contribution in [2.45, 2.75) is 33.7 Å². The summed E-state index contributed by atoms with van der Waals surface area (Å²) in [5.41, 5.74) is 2.28. The highest BCUT2D eigenvalue weighted by Crippen LogP contribution is 2.29. The van der Waals surface area contributed by atoms with Gasteiger partial charge in [-0.2, -0.15) is 0 Å². The normalized spacial score (nSPS) is 10.8. The Morgan fingerprint density at radius 2 is 1.95 bits per heavy atom. The Morgan fingerprint density at radius 1 is 1.20 bits per heavy atom. The third-order valence-corrected chi connectivity index (χ3v) is 4.21. The fraction of sp³-hybridized carbons (Fsp3) is 0.438. The third-order valence-electron chi connectivity index (χ3n) is 3.00. The molecule has 0 saturated heterocycles. The lowest BCUT2D eigenvalue weighted by Gasteiger charge is -2.04. The fourth-order valence-corrected chi connectivity index (χ4v) is 2.91. The van der Waals surface area contributed by atoms with Crippen LogP contribution in [0.1, 0.15) is 30.8 Å². The van der Waals surface area contributed by atoms with E-state index in [0.29, 0.717) is 0 Å². The second-order valence-corrected chi connectivity index (χ2v) is 5.76. The molecule has 0 aliphatic heterocycles. The SMILES string of the molecule is CCCOc1ccc(-c2nc(C)c(CNCC)s2)cc1. The van der Waals surface area contributed by atoms with Crippen molar-refractivity contribution in [3.8, 4) is 16.3 Å². The largest absolute Gasteiger partial charge is 0.494 e. The molecule has 1 N–H and O–H groups in total. The predicted octanol–water partition coefficient (Wildman–Crippen LogP) is 4.02. The molecular formula is C16H22N2OS. The van der Waals surface area contributed by atoms with Crippen LogP contribution in [-0.2, 0) is 6.54 Å². The highest BCUT2D eigenvalue weighted by molar-refractivity contribution is 7.15. The van der Waals surface area contributed by atoms with Crippen LogP contribution >= 0.6 is 11.3 Å². The van der Waals surface area contributed by atoms with Crippen molar-refractivity contribution in [3.05, 3.63) is 34.8 Å². The zero-order valence-electron chi connectivity index (χ0n) is 12.4. The maximum absolute atomic E-state index is 5.60. The van der Waals surface area contributed by atoms with Crippen molar-refractivity contribution < 1.29 is 4.74 Å². The van der Waals surface area contributed by atoms with Crippen LogP contribution in [0.5, 0.6) is 5.75 Å². The molecule has 0 aliphatic carbocycles. The number of nitrogens with one attached hydrogen (secondary N) is 1. The minimum atomic E-state index is 0.766. The molecule has 0 bridgehead atoms. The number of hydrogen-bond donors (Lipinski definition) is 1. The van der Waals surface area contributed by atoms with Gasteiger partial charge in [0.2, 0.25) is 0 Å². The molecule has 0 atom stereocenters. The van der Waals surface area contributed by atoms with Gasteiger partial charge in [0.25, 0.3) is 0 Å². The molecule has 0 amide bonds. The summed E-state index contributed by atoms with van der Waals surface area (Å²) >= 11 is 1.76. The average molecular weight is 290 g/mol. The van der Waals surface area contributed by atoms with E-state index < -0.39 is 0 Å². The lowest BCUT2D eigenvalue weighted by Crippen LogP contribution is -2.11. The Labute approximate surface area is 125 Å². The Balaban J connectivity index is 2.11. The van der Waals surface area contributed by atoms with Crippen LogP contribution in [-0.4, -0.2) is 18.1 Å². The summed E-state index contributed by atoms with van der Waals surface area (Å²) in [6.45, 7) is 8.95. The number of benzene rings is 1. The first-order chi connectivity index (χ1) is 9.74. The van der Waals surface area contributed by atoms with E-state index in [1.807, 2.05) is 12.1 Å². The van der Waals surface area contributed by atoms with Gasteiger partial charge < -0.3 is 10.1 Å². The fourth-order valence-electron chi connectivity index (χ4n) is 1.87. The van der Waals surface area contributed by atoms with E-state index in [1.165, 1.54) is 4.88 Å². The molecule has 20 heavy (non-hydrogen) atoms. The highest BCUT2D eigenvalue weighted by atomic mass is 32.1. The Kier molecular flexibility index (Phi) is 5.56. The third kappa shape index (κ3) is 3.81. The molecule has 0 unspecified atom stereocenters. The minimum Gasteiger partial charge on any atom is -0.494 e. The summed E-state index contributed by atoms with van der Waals surface area (Å²) in [5.74, 6) is 0.928. The van der Waals surface area contributed by atoms with Crippen molar-refractivity contribution in [1.82, 2.24) is 10.3 Å². The van der Waals surface area contributed by atoms with Gasteiger partial charge in [-0.3, -0.25) is 0 Å². The molecule has 1 aromatic carbocycles. The number of aromatic nitrogens is 1. The highest BCUT2D eigenvalue weighted by Gasteiger charge is 2.09. The van der Waals surface area contributed by atoms with Crippen LogP contribution in [0.15, 0.2) is 24.3 Å². The molecule has 1 heterocycles. The second-order valence-electron chi connectivity index (χ2n) is 4.68. The number of nitrogens with zero attached hydrogens (tertiary/aromatic N) is 1. The van der Waals surface area contributed by atoms with Gasteiger partial charge in [-0.25, -0.2) is 4.98 Å². The maximum atomic E-state index is 5.60. The Morgan fingerprint density at radius 3 is 2.60 bits per heavy atom. The average Bonchev–Trinajstić information content (AvgIpc) is 2.84. The number of rotatable bonds is 7. The molecule has 108 valence electrons. The molecule has 0 radical (unpaired) electrons. The molecule has 0 fully saturated rings. The molecule has 4 heteroatoms. The summed E-state index contributed by atoms with van der Waals surface area (Å²) in [4.78, 5) is 5.98. The van der Waals surface area contributed by atoms with Crippen LogP contribution in [0.4, 0.5) is 0 Å². The molecule has 2 aromatic rings. The Bertz CT molecular complexity index is 534. The summed E-state index contributed by atoms with van der Waals surface area (Å²) in [7, 11) is 0. The smallest absolute Gasteiger partial charge is 0.123 e. The quantitative estimate of drug-likeness (QED) is 0.836. The lowest BCUT2D eigenvalue weighted by atomic mass is 10.2. The topological polar surface area (TPSA) is 34.1 Å². The van der Waals surface area contributed by atoms with Gasteiger partial charge >= 0.3 is 0 Å². The van der Waals surface area contributed by atoms with Crippen molar-refractivity contribution >= 4 is 11.3 Å². The van der Waals surface area contributed by atoms with Crippen LogP contribution in [0, 0.1) is 6.92 Å². The van der Waals surface area contributed by atoms with E-state index in [1.54, 1.807) is 11.3 Å². The van der Waals surface area contributed by atoms with E-state index in [2.05, 4.69) is 43.2 Å². The molecule has 3 nitrogen and oxygen atoms in total. The number of ether oxygens (including phenoxy) is 1. The van der Waals surface area contributed by atoms with Crippen LogP contribution in [0.25, 0.3) is 10.6 Å². The minimum absolute atomic E-state index is 0.766. The van der Waals surface area contributed by atoms with Crippen molar-refractivity contribution in [3.63, 3.8) is 0 Å². The van der Waals surface area contributed by atoms with Gasteiger partial charge in [0.15, 0.2) is 0 Å². The molecular weight excluding hydrogens is 268 g/mol. The first-order valence-corrected chi connectivity index (χ1v) is 7.96. The standard InChI is InChI=1S/C16H22N2OS/c1-4-10-19-14-8-6-13(7-9-14)16-18-12(3)15(20-16)11-17-5-2/h6-9,17H,4-5,10-11H2,1-3H3. The zero-order valence-corrected chi connectivity index (χ0v) is 13.2. The molecule has 1 aromatic heterocycles. The van der Waals surface area contributed by atoms with Crippen molar-refractivity contribution in [1.29, 1.82) is 0 Å². The van der Waals surface area contributed by atoms with E-state index in [9.17, 15) is 0 Å². The van der Waals surface area contributed by atoms with Gasteiger partial charge in [0.1, 0.15) is 10.8 Å². The number of aryl methyl sites for hydroxylation is 1. The lowest BCUT2D eigenvalue weighted by molar-refractivity contribution is 0.317. The molecule has 2 rings (SSSR count). The van der Waals surface area contributed by atoms with Crippen molar-refractivity contribution in [2.24, 2.45) is 0 Å². The first-order valence-electron chi connectivity index (χ1n) is 7.14. The molecule has 0 saturated carbocycles. The molecule has 0 spiro atoms. The zero-order chi connectivity index (χ0) is 14.4. The summed E-state index contributed by atoms with van der Waals surface area (Å²) < 4.78 is 5.60. The maximum Gasteiger partial charge on any atom is 0.123 e. The van der Waals surface area contributed by atoms with Gasteiger partial charge in [-0.1, -0.05) is 13.8 Å². The van der Waals surface area contributed by atoms with E-state index >= 15 is 0 Å². The number of hydrogen-bond acceptors (Lipinski definition) is 4. The number of thiazole rings is 1. The van der Waals surface area contributed by atoms with E-state index in [0.717, 1.165) is 48.1 Å². The van der Waals surface area contributed by atoms with E-state index in [-0.39, 0.29) is 0 Å². The van der Waals surface area contributed by atoms with Gasteiger partial charge in [-0.05, 0) is 44.2 Å². The van der Waals surface area contributed by atoms with Crippen LogP contribution in [0.3, 0.4) is 0 Å². The summed E-state index contributed by atoms with van der Waals surface area (Å²) in [6, 6.07) is 8.21. The summed E-state index contributed by atoms with van der Waals surface area (Å²) in [6.07, 6.45) is 1.03. The predicted molar refractivity (Wildman–Crippen MR) is 85.5 cm³/mol.